The minimum absolute atomic E-state index is 0. The van der Waals surface area contributed by atoms with Gasteiger partial charge in [-0.3, -0.25) is 0 Å². The van der Waals surface area contributed by atoms with Crippen molar-refractivity contribution >= 4 is 0 Å². The van der Waals surface area contributed by atoms with Gasteiger partial charge in [-0.05, 0) is 0 Å². The maximum atomic E-state index is 2.54. The predicted molar refractivity (Wildman–Crippen MR) is 36.9 cm³/mol. The molecule has 2 nitrogen and oxygen atoms in total. The molecule has 0 heterocycles. The fraction of sp³-hybridized carbons (Fsp3) is 1.00. The molecule has 11 heavy (non-hydrogen) atoms. The summed E-state index contributed by atoms with van der Waals surface area (Å²) in [6, 6.07) is 0. The average molecular weight is 383 g/mol. The molecule has 0 unspecified atom stereocenters. The van der Waals surface area contributed by atoms with Crippen molar-refractivity contribution in [2.24, 2.45) is 0 Å². The molecule has 75 valence electrons. The zero-order valence-corrected chi connectivity index (χ0v) is 10.4. The van der Waals surface area contributed by atoms with Gasteiger partial charge in [-0.15, -0.1) is 0 Å². The third-order valence-electron chi connectivity index (χ3n) is 1.50. The fourth-order valence-electron chi connectivity index (χ4n) is 1.03. The summed E-state index contributed by atoms with van der Waals surface area (Å²) >= 11 is 2.54. The molecule has 0 aromatic heterocycles. The van der Waals surface area contributed by atoms with E-state index in [4.69, 9.17) is 0 Å². The molecule has 0 atom stereocenters. The summed E-state index contributed by atoms with van der Waals surface area (Å²) in [7, 11) is 0. The van der Waals surface area contributed by atoms with Crippen LogP contribution in [0.5, 0.6) is 0 Å². The molecule has 1 aliphatic rings. The molecule has 0 spiro atoms. The van der Waals surface area contributed by atoms with E-state index in [2.05, 4.69) is 19.8 Å². The Morgan fingerprint density at radius 2 is 1.18 bits per heavy atom. The van der Waals surface area contributed by atoms with Crippen LogP contribution in [-0.4, -0.2) is 0 Å². The van der Waals surface area contributed by atoms with Crippen molar-refractivity contribution in [1.29, 1.82) is 0 Å². The van der Waals surface area contributed by atoms with Gasteiger partial charge in [0, 0.05) is 0 Å². The molecular weight excluding hydrogens is 366 g/mol. The third-order valence-corrected chi connectivity index (χ3v) is 2.81. The van der Waals surface area contributed by atoms with E-state index >= 15 is 0 Å². The Hall–Kier alpha value is 1.19. The number of hydrogen-bond acceptors (Lipinski definition) is 2. The van der Waals surface area contributed by atoms with Crippen LogP contribution in [0.1, 0.15) is 32.1 Å². The van der Waals surface area contributed by atoms with E-state index in [1.165, 1.54) is 32.1 Å². The van der Waals surface area contributed by atoms with E-state index in [0.29, 0.717) is 0 Å². The van der Waals surface area contributed by atoms with E-state index < -0.39 is 0 Å². The van der Waals surface area contributed by atoms with Gasteiger partial charge in [0.2, 0.25) is 0 Å². The molecule has 0 aliphatic heterocycles. The van der Waals surface area contributed by atoms with Crippen molar-refractivity contribution in [3.05, 3.63) is 0 Å². The number of halogens is 2. The first-order chi connectivity index (χ1) is 3.39. The molecule has 0 amide bonds. The molecule has 5 heteroatoms. The molecule has 0 aromatic rings. The minimum atomic E-state index is 0. The van der Waals surface area contributed by atoms with E-state index in [-0.39, 0.29) is 37.1 Å². The quantitative estimate of drug-likeness (QED) is 0.459. The van der Waals surface area contributed by atoms with Crippen molar-refractivity contribution in [2.45, 2.75) is 36.4 Å². The average Bonchev–Trinajstić information content (AvgIpc) is 1.69. The third kappa shape index (κ3) is 11.2. The molecule has 1 aliphatic carbocycles. The zero-order chi connectivity index (χ0) is 5.11. The molecule has 1 fully saturated rings. The van der Waals surface area contributed by atoms with E-state index in [9.17, 15) is 0 Å². The van der Waals surface area contributed by atoms with Crippen molar-refractivity contribution in [3.8, 4) is 0 Å². The SMILES string of the molecule is N.N.[Cl-].[Cl-].[Pt+2][CH]1CCCCC1. The summed E-state index contributed by atoms with van der Waals surface area (Å²) in [5.74, 6) is 0. The van der Waals surface area contributed by atoms with Crippen molar-refractivity contribution in [2.75, 3.05) is 0 Å². The van der Waals surface area contributed by atoms with Crippen molar-refractivity contribution in [3.63, 3.8) is 0 Å². The molecular formula is C6H17Cl2N2Pt. The summed E-state index contributed by atoms with van der Waals surface area (Å²) in [5, 5.41) is 0. The van der Waals surface area contributed by atoms with E-state index in [0.717, 1.165) is 4.31 Å². The second kappa shape index (κ2) is 13.8. The van der Waals surface area contributed by atoms with Crippen LogP contribution in [0.3, 0.4) is 0 Å². The summed E-state index contributed by atoms with van der Waals surface area (Å²) < 4.78 is 1.01. The monoisotopic (exact) mass is 382 g/mol. The van der Waals surface area contributed by atoms with Gasteiger partial charge in [0.05, 0.1) is 0 Å². The molecule has 0 aromatic carbocycles. The summed E-state index contributed by atoms with van der Waals surface area (Å²) in [5.41, 5.74) is 0. The maximum absolute atomic E-state index is 2.54. The fourth-order valence-corrected chi connectivity index (χ4v) is 1.96. The van der Waals surface area contributed by atoms with Crippen molar-refractivity contribution in [1.82, 2.24) is 12.3 Å². The Labute approximate surface area is 93.2 Å². The van der Waals surface area contributed by atoms with E-state index in [1.54, 1.807) is 0 Å². The van der Waals surface area contributed by atoms with Crippen LogP contribution in [0.4, 0.5) is 0 Å². The van der Waals surface area contributed by atoms with Gasteiger partial charge in [0.25, 0.3) is 0 Å². The molecule has 0 saturated heterocycles. The van der Waals surface area contributed by atoms with Crippen LogP contribution in [0.15, 0.2) is 0 Å². The molecule has 0 bridgehead atoms. The van der Waals surface area contributed by atoms with Gasteiger partial charge in [-0.25, -0.2) is 0 Å². The molecule has 1 rings (SSSR count). The summed E-state index contributed by atoms with van der Waals surface area (Å²) in [6.45, 7) is 0. The van der Waals surface area contributed by atoms with Crippen LogP contribution in [0.25, 0.3) is 0 Å². The summed E-state index contributed by atoms with van der Waals surface area (Å²) in [6.07, 6.45) is 7.39. The Morgan fingerprint density at radius 3 is 1.36 bits per heavy atom. The van der Waals surface area contributed by atoms with Crippen LogP contribution >= 0.6 is 0 Å². The van der Waals surface area contributed by atoms with Crippen LogP contribution in [0.2, 0.25) is 4.31 Å². The zero-order valence-electron chi connectivity index (χ0n) is 6.60. The Bertz CT molecular complexity index is 60.5. The van der Waals surface area contributed by atoms with Crippen LogP contribution in [-0.2, 0) is 19.8 Å². The van der Waals surface area contributed by atoms with Gasteiger partial charge < -0.3 is 37.1 Å². The number of hydrogen-bond donors (Lipinski definition) is 2. The Morgan fingerprint density at radius 1 is 0.818 bits per heavy atom. The van der Waals surface area contributed by atoms with Gasteiger partial charge in [0.1, 0.15) is 0 Å². The van der Waals surface area contributed by atoms with E-state index in [1.807, 2.05) is 0 Å². The second-order valence-corrected chi connectivity index (χ2v) is 4.04. The predicted octanol–water partition coefficient (Wildman–Crippen LogP) is -3.38. The van der Waals surface area contributed by atoms with Crippen LogP contribution < -0.4 is 37.1 Å². The first kappa shape index (κ1) is 22.8. The molecule has 6 N–H and O–H groups in total. The molecule has 0 radical (unpaired) electrons. The van der Waals surface area contributed by atoms with Crippen molar-refractivity contribution < 1.29 is 44.6 Å². The van der Waals surface area contributed by atoms with Gasteiger partial charge in [-0.1, -0.05) is 0 Å². The number of rotatable bonds is 0. The normalized spacial score (nSPS) is 16.1. The Kier molecular flexibility index (Phi) is 28.5. The first-order valence-corrected chi connectivity index (χ1v) is 4.31. The topological polar surface area (TPSA) is 70.0 Å². The first-order valence-electron chi connectivity index (χ1n) is 3.00. The van der Waals surface area contributed by atoms with Gasteiger partial charge in [0.15, 0.2) is 0 Å². The standard InChI is InChI=1S/C6H11.2ClH.2H3N.Pt/c1-2-4-6-5-3-1;;;;;/h1H,2-6H2;2*1H;2*1H3;/q;;;;;+2/p-2. The van der Waals surface area contributed by atoms with Crippen LogP contribution in [0, 0.1) is 0 Å². The van der Waals surface area contributed by atoms with Gasteiger partial charge in [-0.2, -0.15) is 0 Å². The van der Waals surface area contributed by atoms with Gasteiger partial charge >= 0.3 is 56.2 Å². The Balaban J connectivity index is -0.0000000612. The summed E-state index contributed by atoms with van der Waals surface area (Å²) in [4.78, 5) is 0. The molecule has 1 saturated carbocycles. The second-order valence-electron chi connectivity index (χ2n) is 2.18.